The van der Waals surface area contributed by atoms with Crippen LogP contribution < -0.4 is 0 Å². The van der Waals surface area contributed by atoms with Crippen molar-refractivity contribution in [2.45, 2.75) is 58.8 Å². The molecule has 0 unspecified atom stereocenters. The molecule has 90 valence electrons. The first-order valence-electron chi connectivity index (χ1n) is 6.53. The number of unbranched alkanes of at least 4 members (excludes halogenated alkanes) is 5. The van der Waals surface area contributed by atoms with Gasteiger partial charge in [-0.05, 0) is 30.9 Å². The fourth-order valence-corrected chi connectivity index (χ4v) is 2.02. The Kier molecular flexibility index (Phi) is 5.99. The molecule has 1 rings (SSSR count). The summed E-state index contributed by atoms with van der Waals surface area (Å²) < 4.78 is 0. The number of para-hydroxylation sites is 1. The standard InChI is InChI=1S/C15H24O/c1-3-4-5-6-7-8-11-14-12-9-10-13(2)15(14)16/h9-10,12,16H,3-8,11H2,1-2H3. The van der Waals surface area contributed by atoms with Crippen LogP contribution in [0.15, 0.2) is 18.2 Å². The molecule has 0 saturated heterocycles. The first-order valence-corrected chi connectivity index (χ1v) is 6.53. The molecular formula is C15H24O. The van der Waals surface area contributed by atoms with Crippen LogP contribution in [-0.4, -0.2) is 5.11 Å². The summed E-state index contributed by atoms with van der Waals surface area (Å²) in [6, 6.07) is 6.02. The van der Waals surface area contributed by atoms with E-state index in [0.717, 1.165) is 17.5 Å². The third-order valence-electron chi connectivity index (χ3n) is 3.12. The minimum absolute atomic E-state index is 0.496. The summed E-state index contributed by atoms with van der Waals surface area (Å²) in [4.78, 5) is 0. The van der Waals surface area contributed by atoms with Gasteiger partial charge in [-0.25, -0.2) is 0 Å². The maximum Gasteiger partial charge on any atom is 0.121 e. The van der Waals surface area contributed by atoms with Gasteiger partial charge in [0, 0.05) is 0 Å². The fraction of sp³-hybridized carbons (Fsp3) is 0.600. The molecule has 0 saturated carbocycles. The quantitative estimate of drug-likeness (QED) is 0.666. The minimum atomic E-state index is 0.496. The predicted octanol–water partition coefficient (Wildman–Crippen LogP) is 4.60. The lowest BCUT2D eigenvalue weighted by Crippen LogP contribution is -1.89. The lowest BCUT2D eigenvalue weighted by Gasteiger charge is -2.06. The van der Waals surface area contributed by atoms with Gasteiger partial charge in [-0.1, -0.05) is 57.2 Å². The van der Waals surface area contributed by atoms with Gasteiger partial charge in [-0.3, -0.25) is 0 Å². The van der Waals surface area contributed by atoms with Gasteiger partial charge >= 0.3 is 0 Å². The van der Waals surface area contributed by atoms with Gasteiger partial charge < -0.3 is 5.11 Å². The summed E-state index contributed by atoms with van der Waals surface area (Å²) in [6.45, 7) is 4.20. The average molecular weight is 220 g/mol. The topological polar surface area (TPSA) is 20.2 Å². The largest absolute Gasteiger partial charge is 0.507 e. The van der Waals surface area contributed by atoms with Crippen LogP contribution in [0, 0.1) is 6.92 Å². The maximum atomic E-state index is 9.84. The summed E-state index contributed by atoms with van der Waals surface area (Å²) in [7, 11) is 0. The highest BCUT2D eigenvalue weighted by Gasteiger charge is 2.02. The van der Waals surface area contributed by atoms with Gasteiger partial charge in [0.15, 0.2) is 0 Å². The zero-order chi connectivity index (χ0) is 11.8. The molecule has 0 heterocycles. The number of phenols is 1. The fourth-order valence-electron chi connectivity index (χ4n) is 2.02. The normalized spacial score (nSPS) is 10.6. The van der Waals surface area contributed by atoms with Crippen LogP contribution in [-0.2, 0) is 6.42 Å². The first kappa shape index (κ1) is 13.1. The number of hydrogen-bond donors (Lipinski definition) is 1. The second kappa shape index (κ2) is 7.32. The van der Waals surface area contributed by atoms with Crippen molar-refractivity contribution in [3.05, 3.63) is 29.3 Å². The predicted molar refractivity (Wildman–Crippen MR) is 69.9 cm³/mol. The Morgan fingerprint density at radius 1 is 1.00 bits per heavy atom. The zero-order valence-electron chi connectivity index (χ0n) is 10.6. The van der Waals surface area contributed by atoms with E-state index in [2.05, 4.69) is 6.92 Å². The number of hydrogen-bond acceptors (Lipinski definition) is 1. The van der Waals surface area contributed by atoms with E-state index in [1.54, 1.807) is 0 Å². The van der Waals surface area contributed by atoms with E-state index in [9.17, 15) is 5.11 Å². The molecule has 0 aliphatic rings. The van der Waals surface area contributed by atoms with Gasteiger partial charge in [0.25, 0.3) is 0 Å². The molecule has 0 aliphatic carbocycles. The lowest BCUT2D eigenvalue weighted by molar-refractivity contribution is 0.462. The van der Waals surface area contributed by atoms with Crippen LogP contribution in [0.2, 0.25) is 0 Å². The minimum Gasteiger partial charge on any atom is -0.507 e. The van der Waals surface area contributed by atoms with Crippen molar-refractivity contribution in [2.24, 2.45) is 0 Å². The molecule has 1 heteroatoms. The molecule has 0 spiro atoms. The maximum absolute atomic E-state index is 9.84. The van der Waals surface area contributed by atoms with E-state index >= 15 is 0 Å². The van der Waals surface area contributed by atoms with Crippen molar-refractivity contribution in [1.29, 1.82) is 0 Å². The monoisotopic (exact) mass is 220 g/mol. The highest BCUT2D eigenvalue weighted by molar-refractivity contribution is 5.39. The van der Waals surface area contributed by atoms with Crippen LogP contribution in [0.1, 0.15) is 56.6 Å². The molecule has 0 aromatic heterocycles. The molecule has 1 aromatic carbocycles. The Labute approximate surface area is 99.5 Å². The smallest absolute Gasteiger partial charge is 0.121 e. The number of aromatic hydroxyl groups is 1. The van der Waals surface area contributed by atoms with Crippen molar-refractivity contribution in [2.75, 3.05) is 0 Å². The SMILES string of the molecule is CCCCCCCCc1cccc(C)c1O. The van der Waals surface area contributed by atoms with Gasteiger partial charge in [0.05, 0.1) is 0 Å². The third kappa shape index (κ3) is 4.26. The van der Waals surface area contributed by atoms with E-state index in [0.29, 0.717) is 5.75 Å². The van der Waals surface area contributed by atoms with Crippen LogP contribution in [0.5, 0.6) is 5.75 Å². The summed E-state index contributed by atoms with van der Waals surface area (Å²) in [5.74, 6) is 0.496. The molecule has 0 atom stereocenters. The second-order valence-corrected chi connectivity index (χ2v) is 4.60. The number of benzene rings is 1. The third-order valence-corrected chi connectivity index (χ3v) is 3.12. The van der Waals surface area contributed by atoms with Crippen molar-refractivity contribution in [1.82, 2.24) is 0 Å². The van der Waals surface area contributed by atoms with Crippen LogP contribution >= 0.6 is 0 Å². The Balaban J connectivity index is 2.24. The molecule has 0 fully saturated rings. The van der Waals surface area contributed by atoms with E-state index in [1.807, 2.05) is 25.1 Å². The highest BCUT2D eigenvalue weighted by Crippen LogP contribution is 2.23. The van der Waals surface area contributed by atoms with Crippen molar-refractivity contribution >= 4 is 0 Å². The van der Waals surface area contributed by atoms with Crippen LogP contribution in [0.4, 0.5) is 0 Å². The van der Waals surface area contributed by atoms with Gasteiger partial charge in [0.2, 0.25) is 0 Å². The number of rotatable bonds is 7. The molecule has 16 heavy (non-hydrogen) atoms. The van der Waals surface area contributed by atoms with Crippen molar-refractivity contribution in [3.8, 4) is 5.75 Å². The van der Waals surface area contributed by atoms with E-state index in [1.165, 1.54) is 38.5 Å². The zero-order valence-corrected chi connectivity index (χ0v) is 10.6. The molecule has 1 N–H and O–H groups in total. The summed E-state index contributed by atoms with van der Waals surface area (Å²) in [5, 5.41) is 9.84. The van der Waals surface area contributed by atoms with Gasteiger partial charge in [-0.15, -0.1) is 0 Å². The Hall–Kier alpha value is -0.980. The molecule has 0 amide bonds. The van der Waals surface area contributed by atoms with E-state index in [-0.39, 0.29) is 0 Å². The Morgan fingerprint density at radius 3 is 2.44 bits per heavy atom. The summed E-state index contributed by atoms with van der Waals surface area (Å²) >= 11 is 0. The molecule has 1 nitrogen and oxygen atoms in total. The van der Waals surface area contributed by atoms with Gasteiger partial charge in [0.1, 0.15) is 5.75 Å². The van der Waals surface area contributed by atoms with E-state index in [4.69, 9.17) is 0 Å². The average Bonchev–Trinajstić information content (AvgIpc) is 2.29. The molecular weight excluding hydrogens is 196 g/mol. The lowest BCUT2D eigenvalue weighted by atomic mass is 10.0. The summed E-state index contributed by atoms with van der Waals surface area (Å²) in [6.07, 6.45) is 8.85. The van der Waals surface area contributed by atoms with Crippen molar-refractivity contribution in [3.63, 3.8) is 0 Å². The highest BCUT2D eigenvalue weighted by atomic mass is 16.3. The number of aryl methyl sites for hydroxylation is 2. The number of phenolic OH excluding ortho intramolecular Hbond substituents is 1. The van der Waals surface area contributed by atoms with Crippen LogP contribution in [0.3, 0.4) is 0 Å². The molecule has 1 aromatic rings. The Bertz CT molecular complexity index is 304. The summed E-state index contributed by atoms with van der Waals surface area (Å²) in [5.41, 5.74) is 2.10. The van der Waals surface area contributed by atoms with Crippen molar-refractivity contribution < 1.29 is 5.11 Å². The first-order chi connectivity index (χ1) is 7.75. The van der Waals surface area contributed by atoms with Gasteiger partial charge in [-0.2, -0.15) is 0 Å². The molecule has 0 bridgehead atoms. The molecule has 0 aliphatic heterocycles. The van der Waals surface area contributed by atoms with E-state index < -0.39 is 0 Å². The van der Waals surface area contributed by atoms with Crippen LogP contribution in [0.25, 0.3) is 0 Å². The molecule has 0 radical (unpaired) electrons. The Morgan fingerprint density at radius 2 is 1.69 bits per heavy atom. The second-order valence-electron chi connectivity index (χ2n) is 4.60.